The number of nitrogens with two attached hydrogens (primary N) is 1. The predicted molar refractivity (Wildman–Crippen MR) is 85.3 cm³/mol. The van der Waals surface area contributed by atoms with E-state index in [9.17, 15) is 5.11 Å². The van der Waals surface area contributed by atoms with Crippen molar-refractivity contribution in [2.75, 3.05) is 26.8 Å². The molecule has 1 aromatic carbocycles. The molecule has 0 amide bonds. The Labute approximate surface area is 131 Å². The summed E-state index contributed by atoms with van der Waals surface area (Å²) in [6.45, 7) is 5.27. The first-order valence-corrected chi connectivity index (χ1v) is 7.61. The summed E-state index contributed by atoms with van der Waals surface area (Å²) in [5, 5.41) is 14.1. The third-order valence-electron chi connectivity index (χ3n) is 3.21. The molecule has 2 unspecified atom stereocenters. The van der Waals surface area contributed by atoms with Crippen molar-refractivity contribution in [3.63, 3.8) is 0 Å². The highest BCUT2D eigenvalue weighted by atomic mass is 35.5. The lowest BCUT2D eigenvalue weighted by molar-refractivity contribution is 0.124. The van der Waals surface area contributed by atoms with Gasteiger partial charge in [0, 0.05) is 17.7 Å². The van der Waals surface area contributed by atoms with Gasteiger partial charge in [0.25, 0.3) is 0 Å². The van der Waals surface area contributed by atoms with Gasteiger partial charge in [0.2, 0.25) is 0 Å². The summed E-state index contributed by atoms with van der Waals surface area (Å²) >= 11 is 6.21. The van der Waals surface area contributed by atoms with Crippen LogP contribution in [0, 0.1) is 0 Å². The van der Waals surface area contributed by atoms with Gasteiger partial charge >= 0.3 is 0 Å². The van der Waals surface area contributed by atoms with Gasteiger partial charge < -0.3 is 25.6 Å². The maximum atomic E-state index is 10.6. The van der Waals surface area contributed by atoms with Crippen LogP contribution in [0.15, 0.2) is 12.1 Å². The Kier molecular flexibility index (Phi) is 7.82. The lowest BCUT2D eigenvalue weighted by atomic mass is 9.98. The second-order valence-electron chi connectivity index (χ2n) is 4.60. The summed E-state index contributed by atoms with van der Waals surface area (Å²) in [5.74, 6) is 1.13. The standard InChI is InChI=1S/C15H25ClN2O3/c1-4-20-13-9-14(21-5-2)11(16)8-10(13)15(19)12(18-3)6-7-17/h8-9,12,15,18-19H,4-7,17H2,1-3H3. The number of aliphatic hydroxyl groups is 1. The van der Waals surface area contributed by atoms with Crippen molar-refractivity contribution in [2.45, 2.75) is 32.4 Å². The van der Waals surface area contributed by atoms with Gasteiger partial charge in [-0.1, -0.05) is 11.6 Å². The predicted octanol–water partition coefficient (Wildman–Crippen LogP) is 2.11. The third-order valence-corrected chi connectivity index (χ3v) is 3.51. The van der Waals surface area contributed by atoms with Crippen LogP contribution in [0.5, 0.6) is 11.5 Å². The molecule has 6 heteroatoms. The molecule has 0 spiro atoms. The molecule has 0 aliphatic heterocycles. The van der Waals surface area contributed by atoms with Crippen LogP contribution in [0.4, 0.5) is 0 Å². The second-order valence-corrected chi connectivity index (χ2v) is 5.01. The van der Waals surface area contributed by atoms with Crippen molar-refractivity contribution in [3.8, 4) is 11.5 Å². The molecular formula is C15H25ClN2O3. The van der Waals surface area contributed by atoms with E-state index < -0.39 is 6.10 Å². The maximum Gasteiger partial charge on any atom is 0.141 e. The third kappa shape index (κ3) is 4.74. The molecule has 0 aliphatic rings. The van der Waals surface area contributed by atoms with Crippen LogP contribution in [-0.4, -0.2) is 38.0 Å². The van der Waals surface area contributed by atoms with Crippen LogP contribution in [-0.2, 0) is 0 Å². The van der Waals surface area contributed by atoms with Gasteiger partial charge in [0.05, 0.1) is 24.3 Å². The van der Waals surface area contributed by atoms with Crippen molar-refractivity contribution < 1.29 is 14.6 Å². The van der Waals surface area contributed by atoms with Crippen LogP contribution in [0.1, 0.15) is 31.9 Å². The van der Waals surface area contributed by atoms with E-state index in [1.54, 1.807) is 19.2 Å². The summed E-state index contributed by atoms with van der Waals surface area (Å²) in [5.41, 5.74) is 6.22. The number of benzene rings is 1. The van der Waals surface area contributed by atoms with E-state index in [4.69, 9.17) is 26.8 Å². The Morgan fingerprint density at radius 2 is 1.86 bits per heavy atom. The van der Waals surface area contributed by atoms with E-state index in [0.29, 0.717) is 48.3 Å². The molecule has 0 aliphatic carbocycles. The minimum atomic E-state index is -0.756. The van der Waals surface area contributed by atoms with E-state index in [0.717, 1.165) is 0 Å². The lowest BCUT2D eigenvalue weighted by Crippen LogP contribution is -2.34. The highest BCUT2D eigenvalue weighted by Crippen LogP contribution is 2.37. The molecule has 4 N–H and O–H groups in total. The number of rotatable bonds is 9. The van der Waals surface area contributed by atoms with Gasteiger partial charge in [0.15, 0.2) is 0 Å². The zero-order chi connectivity index (χ0) is 15.8. The largest absolute Gasteiger partial charge is 0.493 e. The van der Waals surface area contributed by atoms with Crippen molar-refractivity contribution >= 4 is 11.6 Å². The number of hydrogen-bond acceptors (Lipinski definition) is 5. The summed E-state index contributed by atoms with van der Waals surface area (Å²) in [7, 11) is 1.79. The first kappa shape index (κ1) is 18.0. The Hall–Kier alpha value is -1.01. The Morgan fingerprint density at radius 3 is 2.38 bits per heavy atom. The molecule has 1 rings (SSSR count). The van der Waals surface area contributed by atoms with Gasteiger partial charge in [-0.3, -0.25) is 0 Å². The maximum absolute atomic E-state index is 10.6. The molecule has 2 atom stereocenters. The Bertz CT molecular complexity index is 443. The van der Waals surface area contributed by atoms with E-state index in [1.165, 1.54) is 0 Å². The minimum absolute atomic E-state index is 0.164. The average Bonchev–Trinajstić information content (AvgIpc) is 2.47. The van der Waals surface area contributed by atoms with E-state index in [1.807, 2.05) is 13.8 Å². The van der Waals surface area contributed by atoms with Crippen molar-refractivity contribution in [1.82, 2.24) is 5.32 Å². The van der Waals surface area contributed by atoms with Crippen LogP contribution in [0.3, 0.4) is 0 Å². The van der Waals surface area contributed by atoms with Crippen LogP contribution in [0.25, 0.3) is 0 Å². The topological polar surface area (TPSA) is 76.7 Å². The lowest BCUT2D eigenvalue weighted by Gasteiger charge is -2.25. The molecule has 1 aromatic rings. The summed E-state index contributed by atoms with van der Waals surface area (Å²) in [4.78, 5) is 0. The molecule has 120 valence electrons. The smallest absolute Gasteiger partial charge is 0.141 e. The van der Waals surface area contributed by atoms with Crippen LogP contribution < -0.4 is 20.5 Å². The van der Waals surface area contributed by atoms with Gasteiger partial charge in [-0.2, -0.15) is 0 Å². The summed E-state index contributed by atoms with van der Waals surface area (Å²) < 4.78 is 11.1. The fraction of sp³-hybridized carbons (Fsp3) is 0.600. The zero-order valence-electron chi connectivity index (χ0n) is 12.9. The Balaban J connectivity index is 3.16. The Morgan fingerprint density at radius 1 is 1.24 bits per heavy atom. The molecule has 0 aromatic heterocycles. The molecule has 0 bridgehead atoms. The van der Waals surface area contributed by atoms with Gasteiger partial charge in [-0.25, -0.2) is 0 Å². The van der Waals surface area contributed by atoms with E-state index >= 15 is 0 Å². The zero-order valence-corrected chi connectivity index (χ0v) is 13.6. The van der Waals surface area contributed by atoms with Crippen molar-refractivity contribution in [2.24, 2.45) is 5.73 Å². The summed E-state index contributed by atoms with van der Waals surface area (Å²) in [6.07, 6.45) is -0.109. The first-order valence-electron chi connectivity index (χ1n) is 7.23. The number of ether oxygens (including phenoxy) is 2. The normalized spacial score (nSPS) is 13.8. The number of likely N-dealkylation sites (N-methyl/N-ethyl adjacent to an activating group) is 1. The molecular weight excluding hydrogens is 292 g/mol. The number of halogens is 1. The fourth-order valence-corrected chi connectivity index (χ4v) is 2.41. The molecule has 0 radical (unpaired) electrons. The molecule has 0 fully saturated rings. The number of aliphatic hydroxyl groups excluding tert-OH is 1. The van der Waals surface area contributed by atoms with Crippen LogP contribution in [0.2, 0.25) is 5.02 Å². The molecule has 0 heterocycles. The molecule has 21 heavy (non-hydrogen) atoms. The van der Waals surface area contributed by atoms with Crippen molar-refractivity contribution in [1.29, 1.82) is 0 Å². The average molecular weight is 317 g/mol. The highest BCUT2D eigenvalue weighted by molar-refractivity contribution is 6.32. The molecule has 0 saturated carbocycles. The minimum Gasteiger partial charge on any atom is -0.493 e. The fourth-order valence-electron chi connectivity index (χ4n) is 2.18. The second kappa shape index (κ2) is 9.10. The number of nitrogens with one attached hydrogen (secondary N) is 1. The van der Waals surface area contributed by atoms with Gasteiger partial charge in [-0.05, 0) is 39.9 Å². The quantitative estimate of drug-likeness (QED) is 0.650. The monoisotopic (exact) mass is 316 g/mol. The molecule has 0 saturated heterocycles. The van der Waals surface area contributed by atoms with Crippen molar-refractivity contribution in [3.05, 3.63) is 22.7 Å². The SMILES string of the molecule is CCOc1cc(OCC)c(C(O)C(CCN)NC)cc1Cl. The molecule has 5 nitrogen and oxygen atoms in total. The van der Waals surface area contributed by atoms with E-state index in [2.05, 4.69) is 5.32 Å². The van der Waals surface area contributed by atoms with Gasteiger partial charge in [-0.15, -0.1) is 0 Å². The van der Waals surface area contributed by atoms with E-state index in [-0.39, 0.29) is 6.04 Å². The first-order chi connectivity index (χ1) is 10.1. The van der Waals surface area contributed by atoms with Crippen LogP contribution >= 0.6 is 11.6 Å². The highest BCUT2D eigenvalue weighted by Gasteiger charge is 2.24. The van der Waals surface area contributed by atoms with Gasteiger partial charge in [0.1, 0.15) is 11.5 Å². The number of hydrogen-bond donors (Lipinski definition) is 3. The summed E-state index contributed by atoms with van der Waals surface area (Å²) in [6, 6.07) is 3.26.